The number of halogens is 3. The third-order valence-electron chi connectivity index (χ3n) is 2.40. The third-order valence-corrected chi connectivity index (χ3v) is 2.59. The predicted molar refractivity (Wildman–Crippen MR) is 70.5 cm³/mol. The summed E-state index contributed by atoms with van der Waals surface area (Å²) in [4.78, 5) is 19.5. The highest BCUT2D eigenvalue weighted by atomic mass is 35.5. The van der Waals surface area contributed by atoms with E-state index in [0.29, 0.717) is 5.69 Å². The third kappa shape index (κ3) is 2.83. The molecule has 1 aromatic carbocycles. The highest BCUT2D eigenvalue weighted by Crippen LogP contribution is 2.20. The molecule has 0 radical (unpaired) electrons. The van der Waals surface area contributed by atoms with E-state index in [9.17, 15) is 13.6 Å². The van der Waals surface area contributed by atoms with Crippen molar-refractivity contribution in [2.24, 2.45) is 0 Å². The van der Waals surface area contributed by atoms with Crippen LogP contribution in [0.5, 0.6) is 0 Å². The number of hydrogen-bond donors (Lipinski definition) is 2. The number of aryl methyl sites for hydroxylation is 1. The van der Waals surface area contributed by atoms with E-state index in [4.69, 9.17) is 17.3 Å². The van der Waals surface area contributed by atoms with Crippen LogP contribution in [0.1, 0.15) is 16.1 Å². The number of carbonyl (C=O) groups excluding carboxylic acids is 1. The zero-order valence-electron chi connectivity index (χ0n) is 10.2. The number of benzene rings is 1. The van der Waals surface area contributed by atoms with Crippen LogP contribution in [0.4, 0.5) is 20.4 Å². The number of hydrogen-bond acceptors (Lipinski definition) is 4. The zero-order valence-corrected chi connectivity index (χ0v) is 11.0. The maximum atomic E-state index is 13.7. The minimum Gasteiger partial charge on any atom is -0.396 e. The largest absolute Gasteiger partial charge is 0.396 e. The molecule has 5 nitrogen and oxygen atoms in total. The standard InChI is InChI=1S/C12H9ClF2N4O/c1-5-4-8(13)18-12(17-5)19-11(20)9-6(14)2-3-7(16)10(9)15/h2-4H,16H2,1H3,(H,17,18,19,20). The van der Waals surface area contributed by atoms with Gasteiger partial charge in [-0.25, -0.2) is 18.7 Å². The molecule has 1 amide bonds. The SMILES string of the molecule is Cc1cc(Cl)nc(NC(=O)c2c(F)ccc(N)c2F)n1. The van der Waals surface area contributed by atoms with Crippen LogP contribution in [0.15, 0.2) is 18.2 Å². The average molecular weight is 299 g/mol. The lowest BCUT2D eigenvalue weighted by Crippen LogP contribution is -2.18. The lowest BCUT2D eigenvalue weighted by molar-refractivity contribution is 0.101. The molecule has 0 aliphatic carbocycles. The Morgan fingerprint density at radius 3 is 2.70 bits per heavy atom. The number of rotatable bonds is 2. The smallest absolute Gasteiger partial charge is 0.264 e. The molecule has 8 heteroatoms. The van der Waals surface area contributed by atoms with Gasteiger partial charge in [0.25, 0.3) is 5.91 Å². The van der Waals surface area contributed by atoms with E-state index < -0.39 is 23.1 Å². The van der Waals surface area contributed by atoms with Gasteiger partial charge in [-0.2, -0.15) is 0 Å². The molecule has 2 rings (SSSR count). The molecular formula is C12H9ClF2N4O. The highest BCUT2D eigenvalue weighted by Gasteiger charge is 2.20. The van der Waals surface area contributed by atoms with E-state index in [1.165, 1.54) is 6.07 Å². The van der Waals surface area contributed by atoms with Crippen molar-refractivity contribution in [1.82, 2.24) is 9.97 Å². The summed E-state index contributed by atoms with van der Waals surface area (Å²) in [6.07, 6.45) is 0. The highest BCUT2D eigenvalue weighted by molar-refractivity contribution is 6.29. The normalized spacial score (nSPS) is 10.4. The van der Waals surface area contributed by atoms with Crippen LogP contribution in [0.25, 0.3) is 0 Å². The summed E-state index contributed by atoms with van der Waals surface area (Å²) >= 11 is 5.70. The number of anilines is 2. The zero-order chi connectivity index (χ0) is 14.9. The Morgan fingerprint density at radius 1 is 1.35 bits per heavy atom. The van der Waals surface area contributed by atoms with Gasteiger partial charge in [0.2, 0.25) is 5.95 Å². The average Bonchev–Trinajstić information content (AvgIpc) is 2.33. The van der Waals surface area contributed by atoms with Crippen molar-refractivity contribution < 1.29 is 13.6 Å². The van der Waals surface area contributed by atoms with E-state index >= 15 is 0 Å². The van der Waals surface area contributed by atoms with E-state index in [1.54, 1.807) is 6.92 Å². The van der Waals surface area contributed by atoms with Gasteiger partial charge in [0.05, 0.1) is 5.69 Å². The van der Waals surface area contributed by atoms with Gasteiger partial charge in [0, 0.05) is 5.69 Å². The molecule has 0 unspecified atom stereocenters. The Bertz CT molecular complexity index is 673. The molecule has 1 heterocycles. The number of carbonyl (C=O) groups is 1. The van der Waals surface area contributed by atoms with Gasteiger partial charge in [-0.1, -0.05) is 11.6 Å². The first-order valence-electron chi connectivity index (χ1n) is 5.44. The Hall–Kier alpha value is -2.28. The molecular weight excluding hydrogens is 290 g/mol. The minimum absolute atomic E-state index is 0.0984. The molecule has 0 bridgehead atoms. The van der Waals surface area contributed by atoms with E-state index in [1.807, 2.05) is 0 Å². The summed E-state index contributed by atoms with van der Waals surface area (Å²) in [6.45, 7) is 1.63. The van der Waals surface area contributed by atoms with Crippen LogP contribution in [0.3, 0.4) is 0 Å². The quantitative estimate of drug-likeness (QED) is 0.659. The molecule has 0 aliphatic rings. The summed E-state index contributed by atoms with van der Waals surface area (Å²) in [6, 6.07) is 3.40. The molecule has 3 N–H and O–H groups in total. The molecule has 0 spiro atoms. The molecule has 104 valence electrons. The van der Waals surface area contributed by atoms with Crippen molar-refractivity contribution in [1.29, 1.82) is 0 Å². The van der Waals surface area contributed by atoms with Crippen LogP contribution < -0.4 is 11.1 Å². The van der Waals surface area contributed by atoms with Crippen molar-refractivity contribution in [3.8, 4) is 0 Å². The summed E-state index contributed by atoms with van der Waals surface area (Å²) in [5.41, 5.74) is 4.66. The Labute approximate surface area is 117 Å². The van der Waals surface area contributed by atoms with Crippen molar-refractivity contribution >= 4 is 29.1 Å². The van der Waals surface area contributed by atoms with Crippen molar-refractivity contribution in [2.75, 3.05) is 11.1 Å². The Morgan fingerprint density at radius 2 is 2.05 bits per heavy atom. The predicted octanol–water partition coefficient (Wildman–Crippen LogP) is 2.55. The second-order valence-corrected chi connectivity index (χ2v) is 4.32. The van der Waals surface area contributed by atoms with Crippen LogP contribution in [-0.2, 0) is 0 Å². The van der Waals surface area contributed by atoms with Gasteiger partial charge in [-0.3, -0.25) is 10.1 Å². The Balaban J connectivity index is 2.35. The first-order chi connectivity index (χ1) is 9.38. The number of nitrogen functional groups attached to an aromatic ring is 1. The van der Waals surface area contributed by atoms with Crippen molar-refractivity contribution in [3.63, 3.8) is 0 Å². The number of nitrogens with one attached hydrogen (secondary N) is 1. The van der Waals surface area contributed by atoms with Gasteiger partial charge in [-0.05, 0) is 25.1 Å². The molecule has 20 heavy (non-hydrogen) atoms. The summed E-state index contributed by atoms with van der Waals surface area (Å²) < 4.78 is 27.2. The molecule has 1 aromatic heterocycles. The van der Waals surface area contributed by atoms with E-state index in [2.05, 4.69) is 15.3 Å². The molecule has 0 saturated heterocycles. The van der Waals surface area contributed by atoms with E-state index in [-0.39, 0.29) is 16.8 Å². The van der Waals surface area contributed by atoms with Gasteiger partial charge in [0.15, 0.2) is 5.82 Å². The lowest BCUT2D eigenvalue weighted by atomic mass is 10.1. The molecule has 0 aliphatic heterocycles. The van der Waals surface area contributed by atoms with Crippen molar-refractivity contribution in [2.45, 2.75) is 6.92 Å². The van der Waals surface area contributed by atoms with Crippen LogP contribution in [-0.4, -0.2) is 15.9 Å². The fourth-order valence-corrected chi connectivity index (χ4v) is 1.76. The Kier molecular flexibility index (Phi) is 3.80. The van der Waals surface area contributed by atoms with Gasteiger partial charge < -0.3 is 5.73 Å². The lowest BCUT2D eigenvalue weighted by Gasteiger charge is -2.08. The fraction of sp³-hybridized carbons (Fsp3) is 0.0833. The first kappa shape index (κ1) is 14.1. The first-order valence-corrected chi connectivity index (χ1v) is 5.82. The second-order valence-electron chi connectivity index (χ2n) is 3.94. The van der Waals surface area contributed by atoms with E-state index in [0.717, 1.165) is 12.1 Å². The number of aromatic nitrogens is 2. The van der Waals surface area contributed by atoms with Crippen LogP contribution >= 0.6 is 11.6 Å². The topological polar surface area (TPSA) is 80.9 Å². The van der Waals surface area contributed by atoms with Gasteiger partial charge in [0.1, 0.15) is 16.5 Å². The maximum absolute atomic E-state index is 13.7. The molecule has 0 fully saturated rings. The van der Waals surface area contributed by atoms with Crippen LogP contribution in [0, 0.1) is 18.6 Å². The summed E-state index contributed by atoms with van der Waals surface area (Å²) in [7, 11) is 0. The summed E-state index contributed by atoms with van der Waals surface area (Å²) in [5, 5.41) is 2.27. The number of amides is 1. The number of nitrogens with zero attached hydrogens (tertiary/aromatic N) is 2. The number of nitrogens with two attached hydrogens (primary N) is 1. The summed E-state index contributed by atoms with van der Waals surface area (Å²) in [5.74, 6) is -3.37. The molecule has 2 aromatic rings. The maximum Gasteiger partial charge on any atom is 0.264 e. The molecule has 0 atom stereocenters. The van der Waals surface area contributed by atoms with Gasteiger partial charge >= 0.3 is 0 Å². The second kappa shape index (κ2) is 5.38. The van der Waals surface area contributed by atoms with Crippen LogP contribution in [0.2, 0.25) is 5.15 Å². The fourth-order valence-electron chi connectivity index (χ4n) is 1.53. The monoisotopic (exact) mass is 298 g/mol. The molecule has 0 saturated carbocycles. The van der Waals surface area contributed by atoms with Crippen molar-refractivity contribution in [3.05, 3.63) is 46.2 Å². The minimum atomic E-state index is -1.14. The van der Waals surface area contributed by atoms with Gasteiger partial charge in [-0.15, -0.1) is 0 Å².